The van der Waals surface area contributed by atoms with E-state index >= 15 is 0 Å². The van der Waals surface area contributed by atoms with E-state index in [1.54, 1.807) is 0 Å². The molecule has 1 fully saturated rings. The summed E-state index contributed by atoms with van der Waals surface area (Å²) in [6.07, 6.45) is 8.36. The molecular formula is C17H22ClNO. The Labute approximate surface area is 125 Å². The third-order valence-corrected chi connectivity index (χ3v) is 5.28. The van der Waals surface area contributed by atoms with E-state index in [4.69, 9.17) is 11.6 Å². The molecule has 108 valence electrons. The summed E-state index contributed by atoms with van der Waals surface area (Å²) < 4.78 is 0. The van der Waals surface area contributed by atoms with Crippen LogP contribution in [0.5, 0.6) is 0 Å². The Hall–Kier alpha value is -1.02. The standard InChI is InChI=1S/C17H22ClNO/c18-16(13-5-2-1-3-6-13)14-9-8-12-7-4-10-19-17(20)15(12)11-14/h8-9,11,13,16H,1-7,10H2,(H,19,20). The minimum Gasteiger partial charge on any atom is -0.352 e. The molecule has 1 aromatic carbocycles. The highest BCUT2D eigenvalue weighted by atomic mass is 35.5. The Morgan fingerprint density at radius 3 is 2.75 bits per heavy atom. The summed E-state index contributed by atoms with van der Waals surface area (Å²) in [5.41, 5.74) is 3.12. The highest BCUT2D eigenvalue weighted by molar-refractivity contribution is 6.21. The van der Waals surface area contributed by atoms with Crippen LogP contribution in [0.2, 0.25) is 0 Å². The molecule has 1 N–H and O–H groups in total. The number of hydrogen-bond donors (Lipinski definition) is 1. The van der Waals surface area contributed by atoms with Gasteiger partial charge in [0.2, 0.25) is 0 Å². The fourth-order valence-electron chi connectivity index (χ4n) is 3.47. The zero-order chi connectivity index (χ0) is 13.9. The Bertz CT molecular complexity index is 494. The molecule has 1 atom stereocenters. The normalized spacial score (nSPS) is 21.8. The highest BCUT2D eigenvalue weighted by Gasteiger charge is 2.25. The van der Waals surface area contributed by atoms with E-state index in [0.29, 0.717) is 5.92 Å². The number of benzene rings is 1. The van der Waals surface area contributed by atoms with Gasteiger partial charge in [0.15, 0.2) is 0 Å². The number of aryl methyl sites for hydroxylation is 1. The van der Waals surface area contributed by atoms with Gasteiger partial charge in [-0.2, -0.15) is 0 Å². The maximum Gasteiger partial charge on any atom is 0.251 e. The van der Waals surface area contributed by atoms with Crippen LogP contribution in [-0.2, 0) is 6.42 Å². The van der Waals surface area contributed by atoms with Crippen molar-refractivity contribution in [3.05, 3.63) is 34.9 Å². The molecule has 1 saturated carbocycles. The van der Waals surface area contributed by atoms with E-state index in [2.05, 4.69) is 17.4 Å². The van der Waals surface area contributed by atoms with E-state index in [1.165, 1.54) is 32.1 Å². The smallest absolute Gasteiger partial charge is 0.251 e. The molecule has 20 heavy (non-hydrogen) atoms. The summed E-state index contributed by atoms with van der Waals surface area (Å²) in [4.78, 5) is 12.1. The van der Waals surface area contributed by atoms with Crippen molar-refractivity contribution in [2.24, 2.45) is 5.92 Å². The molecule has 0 aromatic heterocycles. The Balaban J connectivity index is 1.85. The summed E-state index contributed by atoms with van der Waals surface area (Å²) in [7, 11) is 0. The first kappa shape index (κ1) is 13.9. The van der Waals surface area contributed by atoms with E-state index < -0.39 is 0 Å². The number of amides is 1. The van der Waals surface area contributed by atoms with Gasteiger partial charge >= 0.3 is 0 Å². The van der Waals surface area contributed by atoms with Crippen molar-refractivity contribution in [3.8, 4) is 0 Å². The Morgan fingerprint density at radius 1 is 1.15 bits per heavy atom. The van der Waals surface area contributed by atoms with Gasteiger partial charge in [-0.25, -0.2) is 0 Å². The molecule has 1 aliphatic heterocycles. The van der Waals surface area contributed by atoms with Crippen molar-refractivity contribution in [1.82, 2.24) is 5.32 Å². The topological polar surface area (TPSA) is 29.1 Å². The number of hydrogen-bond acceptors (Lipinski definition) is 1. The SMILES string of the molecule is O=C1NCCCc2ccc(C(Cl)C3CCCCC3)cc21. The quantitative estimate of drug-likeness (QED) is 0.812. The molecule has 1 unspecified atom stereocenters. The molecule has 0 saturated heterocycles. The average molecular weight is 292 g/mol. The number of halogens is 1. The van der Waals surface area contributed by atoms with Gasteiger partial charge in [-0.1, -0.05) is 31.4 Å². The molecule has 0 bridgehead atoms. The largest absolute Gasteiger partial charge is 0.352 e. The van der Waals surface area contributed by atoms with E-state index in [1.807, 2.05) is 6.07 Å². The Morgan fingerprint density at radius 2 is 1.95 bits per heavy atom. The second-order valence-corrected chi connectivity index (χ2v) is 6.55. The number of fused-ring (bicyclic) bond motifs is 1. The van der Waals surface area contributed by atoms with Crippen LogP contribution in [0.25, 0.3) is 0 Å². The molecule has 1 aromatic rings. The first-order chi connectivity index (χ1) is 9.75. The number of alkyl halides is 1. The summed E-state index contributed by atoms with van der Waals surface area (Å²) in [6, 6.07) is 6.26. The monoisotopic (exact) mass is 291 g/mol. The van der Waals surface area contributed by atoms with Gasteiger partial charge in [-0.05, 0) is 48.8 Å². The lowest BCUT2D eigenvalue weighted by molar-refractivity contribution is 0.0956. The second kappa shape index (κ2) is 6.17. The third kappa shape index (κ3) is 2.85. The molecule has 1 amide bonds. The molecular weight excluding hydrogens is 270 g/mol. The van der Waals surface area contributed by atoms with E-state index in [0.717, 1.165) is 36.1 Å². The second-order valence-electron chi connectivity index (χ2n) is 6.08. The molecule has 2 nitrogen and oxygen atoms in total. The molecule has 3 heteroatoms. The van der Waals surface area contributed by atoms with Crippen molar-refractivity contribution in [2.45, 2.75) is 50.3 Å². The Kier molecular flexibility index (Phi) is 4.30. The lowest BCUT2D eigenvalue weighted by Gasteiger charge is -2.26. The number of carbonyl (C=O) groups excluding carboxylic acids is 1. The van der Waals surface area contributed by atoms with Crippen molar-refractivity contribution in [1.29, 1.82) is 0 Å². The lowest BCUT2D eigenvalue weighted by Crippen LogP contribution is -2.23. The minimum atomic E-state index is 0.0525. The summed E-state index contributed by atoms with van der Waals surface area (Å²) in [6.45, 7) is 0.774. The van der Waals surface area contributed by atoms with Gasteiger partial charge < -0.3 is 5.32 Å². The van der Waals surface area contributed by atoms with Crippen LogP contribution in [0.4, 0.5) is 0 Å². The van der Waals surface area contributed by atoms with Crippen LogP contribution >= 0.6 is 11.6 Å². The molecule has 3 rings (SSSR count). The van der Waals surface area contributed by atoms with Crippen molar-refractivity contribution in [3.63, 3.8) is 0 Å². The average Bonchev–Trinajstić information content (AvgIpc) is 2.69. The summed E-state index contributed by atoms with van der Waals surface area (Å²) in [5, 5.41) is 3.02. The third-order valence-electron chi connectivity index (χ3n) is 4.67. The molecule has 0 spiro atoms. The van der Waals surface area contributed by atoms with Crippen molar-refractivity contribution < 1.29 is 4.79 Å². The minimum absolute atomic E-state index is 0.0525. The van der Waals surface area contributed by atoms with Gasteiger partial charge in [0.25, 0.3) is 5.91 Å². The fraction of sp³-hybridized carbons (Fsp3) is 0.588. The maximum absolute atomic E-state index is 12.1. The molecule has 1 heterocycles. The zero-order valence-corrected chi connectivity index (χ0v) is 12.6. The molecule has 0 radical (unpaired) electrons. The fourth-order valence-corrected chi connectivity index (χ4v) is 3.86. The summed E-state index contributed by atoms with van der Waals surface area (Å²) in [5.74, 6) is 0.629. The van der Waals surface area contributed by atoms with Crippen LogP contribution in [0.3, 0.4) is 0 Å². The van der Waals surface area contributed by atoms with Gasteiger partial charge in [-0.3, -0.25) is 4.79 Å². The van der Waals surface area contributed by atoms with Crippen molar-refractivity contribution in [2.75, 3.05) is 6.54 Å². The van der Waals surface area contributed by atoms with Gasteiger partial charge in [-0.15, -0.1) is 11.6 Å². The number of rotatable bonds is 2. The van der Waals surface area contributed by atoms with E-state index in [9.17, 15) is 4.79 Å². The molecule has 1 aliphatic carbocycles. The lowest BCUT2D eigenvalue weighted by atomic mass is 9.84. The summed E-state index contributed by atoms with van der Waals surface area (Å²) >= 11 is 6.68. The first-order valence-corrected chi connectivity index (χ1v) is 8.24. The van der Waals surface area contributed by atoms with Crippen LogP contribution in [0.1, 0.15) is 65.4 Å². The predicted molar refractivity (Wildman–Crippen MR) is 82.3 cm³/mol. The van der Waals surface area contributed by atoms with Crippen LogP contribution in [0, 0.1) is 5.92 Å². The van der Waals surface area contributed by atoms with Crippen LogP contribution in [-0.4, -0.2) is 12.5 Å². The van der Waals surface area contributed by atoms with Crippen LogP contribution < -0.4 is 5.32 Å². The van der Waals surface area contributed by atoms with Gasteiger partial charge in [0, 0.05) is 12.1 Å². The van der Waals surface area contributed by atoms with E-state index in [-0.39, 0.29) is 11.3 Å². The highest BCUT2D eigenvalue weighted by Crippen LogP contribution is 2.39. The molecule has 2 aliphatic rings. The predicted octanol–water partition coefficient (Wildman–Crippen LogP) is 4.22. The first-order valence-electron chi connectivity index (χ1n) is 7.81. The van der Waals surface area contributed by atoms with Gasteiger partial charge in [0.1, 0.15) is 0 Å². The maximum atomic E-state index is 12.1. The van der Waals surface area contributed by atoms with Crippen molar-refractivity contribution >= 4 is 17.5 Å². The number of nitrogens with one attached hydrogen (secondary N) is 1. The van der Waals surface area contributed by atoms with Crippen LogP contribution in [0.15, 0.2) is 18.2 Å². The van der Waals surface area contributed by atoms with Gasteiger partial charge in [0.05, 0.1) is 5.38 Å². The number of carbonyl (C=O) groups is 1. The zero-order valence-electron chi connectivity index (χ0n) is 11.8.